The summed E-state index contributed by atoms with van der Waals surface area (Å²) in [6.45, 7) is 3.28. The van der Waals surface area contributed by atoms with Gasteiger partial charge >= 0.3 is 17.9 Å². The maximum absolute atomic E-state index is 11.7. The maximum Gasteiger partial charge on any atom is 0.303 e. The van der Waals surface area contributed by atoms with Crippen LogP contribution < -0.4 is 4.74 Å². The van der Waals surface area contributed by atoms with E-state index < -0.39 is 53.5 Å². The molecular weight excluding hydrogens is 418 g/mol. The second kappa shape index (κ2) is 10.7. The Labute approximate surface area is 177 Å². The van der Waals surface area contributed by atoms with Crippen molar-refractivity contribution < 1.29 is 47.7 Å². The molecule has 0 unspecified atom stereocenters. The van der Waals surface area contributed by atoms with Gasteiger partial charge in [-0.15, -0.1) is 0 Å². The van der Waals surface area contributed by atoms with Crippen LogP contribution in [0.3, 0.4) is 0 Å². The Bertz CT molecular complexity index is 810. The van der Waals surface area contributed by atoms with Gasteiger partial charge in [-0.2, -0.15) is 0 Å². The highest BCUT2D eigenvalue weighted by Crippen LogP contribution is 2.31. The SMILES string of the molecule is CO[C@H]1[C@H](OC(C)=O)[C@@H](OC(C)=O)[C@@H](Oc2ccc([N+](=O)[O-])cc2)O[C@@H]1COC(C)=O. The number of carbonyl (C=O) groups excluding carboxylic acids is 3. The molecule has 0 N–H and O–H groups in total. The lowest BCUT2D eigenvalue weighted by Crippen LogP contribution is -2.63. The second-order valence-corrected chi connectivity index (χ2v) is 6.56. The lowest BCUT2D eigenvalue weighted by atomic mass is 9.98. The van der Waals surface area contributed by atoms with Crippen LogP contribution in [0.15, 0.2) is 24.3 Å². The molecule has 0 aromatic heterocycles. The van der Waals surface area contributed by atoms with Crippen LogP contribution in [0.25, 0.3) is 0 Å². The van der Waals surface area contributed by atoms with Gasteiger partial charge < -0.3 is 28.4 Å². The first-order valence-electron chi connectivity index (χ1n) is 9.19. The molecule has 0 aliphatic carbocycles. The fourth-order valence-electron chi connectivity index (χ4n) is 3.02. The predicted octanol–water partition coefficient (Wildman–Crippen LogP) is 1.14. The first-order valence-corrected chi connectivity index (χ1v) is 9.19. The molecule has 0 saturated carbocycles. The van der Waals surface area contributed by atoms with Gasteiger partial charge in [-0.05, 0) is 12.1 Å². The standard InChI is InChI=1S/C19H23NO11/c1-10(21)27-9-15-16(26-4)17(28-11(2)22)18(29-12(3)23)19(31-15)30-14-7-5-13(6-8-14)20(24)25/h5-8,15-19H,9H2,1-4H3/t15-,16-,17+,18-,19+/m1/s1. The number of nitro benzene ring substituents is 1. The fraction of sp³-hybridized carbons (Fsp3) is 0.526. The Morgan fingerprint density at radius 2 is 1.55 bits per heavy atom. The smallest absolute Gasteiger partial charge is 0.303 e. The first kappa shape index (κ1) is 24.0. The molecule has 0 bridgehead atoms. The number of non-ortho nitro benzene ring substituents is 1. The van der Waals surface area contributed by atoms with Crippen LogP contribution in [0.1, 0.15) is 20.8 Å². The second-order valence-electron chi connectivity index (χ2n) is 6.56. The van der Waals surface area contributed by atoms with Crippen LogP contribution in [0.4, 0.5) is 5.69 Å². The van der Waals surface area contributed by atoms with Crippen LogP contribution >= 0.6 is 0 Å². The number of hydrogen-bond donors (Lipinski definition) is 0. The van der Waals surface area contributed by atoms with Gasteiger partial charge in [0.2, 0.25) is 12.4 Å². The molecule has 1 aromatic carbocycles. The molecule has 1 aromatic rings. The molecule has 1 aliphatic rings. The summed E-state index contributed by atoms with van der Waals surface area (Å²) in [5, 5.41) is 10.8. The van der Waals surface area contributed by atoms with Crippen LogP contribution in [0.2, 0.25) is 0 Å². The number of carbonyl (C=O) groups is 3. The summed E-state index contributed by atoms with van der Waals surface area (Å²) < 4.78 is 32.6. The normalized spacial score (nSPS) is 25.2. The minimum Gasteiger partial charge on any atom is -0.463 e. The highest BCUT2D eigenvalue weighted by atomic mass is 16.7. The number of hydrogen-bond acceptors (Lipinski definition) is 11. The van der Waals surface area contributed by atoms with Crippen molar-refractivity contribution in [2.75, 3.05) is 13.7 Å². The van der Waals surface area contributed by atoms with E-state index >= 15 is 0 Å². The van der Waals surface area contributed by atoms with Crippen LogP contribution in [-0.4, -0.2) is 67.3 Å². The number of ether oxygens (including phenoxy) is 6. The third kappa shape index (κ3) is 6.62. The van der Waals surface area contributed by atoms with Gasteiger partial charge in [-0.1, -0.05) is 0 Å². The van der Waals surface area contributed by atoms with E-state index in [4.69, 9.17) is 28.4 Å². The van der Waals surface area contributed by atoms with E-state index in [9.17, 15) is 24.5 Å². The zero-order valence-corrected chi connectivity index (χ0v) is 17.3. The van der Waals surface area contributed by atoms with Crippen molar-refractivity contribution in [1.82, 2.24) is 0 Å². The molecule has 2 rings (SSSR count). The van der Waals surface area contributed by atoms with Gasteiger partial charge in [0, 0.05) is 40.0 Å². The highest BCUT2D eigenvalue weighted by molar-refractivity contribution is 5.67. The lowest BCUT2D eigenvalue weighted by molar-refractivity contribution is -0.384. The summed E-state index contributed by atoms with van der Waals surface area (Å²) in [6, 6.07) is 5.10. The van der Waals surface area contributed by atoms with Crippen molar-refractivity contribution in [3.8, 4) is 5.75 Å². The minimum atomic E-state index is -1.30. The summed E-state index contributed by atoms with van der Waals surface area (Å²) in [5.41, 5.74) is -0.154. The maximum atomic E-state index is 11.7. The molecule has 1 saturated heterocycles. The van der Waals surface area contributed by atoms with Gasteiger partial charge in [0.15, 0.2) is 6.10 Å². The summed E-state index contributed by atoms with van der Waals surface area (Å²) >= 11 is 0. The third-order valence-electron chi connectivity index (χ3n) is 4.22. The van der Waals surface area contributed by atoms with Gasteiger partial charge in [0.25, 0.3) is 5.69 Å². The van der Waals surface area contributed by atoms with E-state index in [0.29, 0.717) is 0 Å². The van der Waals surface area contributed by atoms with Crippen LogP contribution in [0.5, 0.6) is 5.75 Å². The van der Waals surface area contributed by atoms with Gasteiger partial charge in [0.1, 0.15) is 24.6 Å². The average Bonchev–Trinajstić information content (AvgIpc) is 2.68. The fourth-order valence-corrected chi connectivity index (χ4v) is 3.02. The molecule has 0 radical (unpaired) electrons. The van der Waals surface area contributed by atoms with Crippen molar-refractivity contribution >= 4 is 23.6 Å². The topological polar surface area (TPSA) is 150 Å². The minimum absolute atomic E-state index is 0.154. The highest BCUT2D eigenvalue weighted by Gasteiger charge is 2.52. The zero-order valence-electron chi connectivity index (χ0n) is 17.3. The molecule has 0 spiro atoms. The van der Waals surface area contributed by atoms with E-state index in [1.165, 1.54) is 45.2 Å². The molecule has 5 atom stereocenters. The molecule has 170 valence electrons. The molecular formula is C19H23NO11. The number of rotatable bonds is 8. The average molecular weight is 441 g/mol. The van der Waals surface area contributed by atoms with Crippen molar-refractivity contribution in [3.63, 3.8) is 0 Å². The quantitative estimate of drug-likeness (QED) is 0.247. The first-order chi connectivity index (χ1) is 14.6. The number of benzene rings is 1. The van der Waals surface area contributed by atoms with Gasteiger partial charge in [-0.3, -0.25) is 24.5 Å². The van der Waals surface area contributed by atoms with Crippen molar-refractivity contribution in [1.29, 1.82) is 0 Å². The lowest BCUT2D eigenvalue weighted by Gasteiger charge is -2.44. The number of nitrogens with zero attached hydrogens (tertiary/aromatic N) is 1. The van der Waals surface area contributed by atoms with E-state index in [-0.39, 0.29) is 18.0 Å². The summed E-state index contributed by atoms with van der Waals surface area (Å²) in [7, 11) is 1.33. The largest absolute Gasteiger partial charge is 0.463 e. The van der Waals surface area contributed by atoms with Gasteiger partial charge in [0.05, 0.1) is 4.92 Å². The molecule has 1 aliphatic heterocycles. The monoisotopic (exact) mass is 441 g/mol. The van der Waals surface area contributed by atoms with E-state index in [0.717, 1.165) is 6.92 Å². The number of methoxy groups -OCH3 is 1. The van der Waals surface area contributed by atoms with Gasteiger partial charge in [-0.25, -0.2) is 0 Å². The molecule has 31 heavy (non-hydrogen) atoms. The summed E-state index contributed by atoms with van der Waals surface area (Å²) in [5.74, 6) is -1.78. The Balaban J connectivity index is 2.36. The van der Waals surface area contributed by atoms with E-state index in [1.807, 2.05) is 0 Å². The molecule has 1 fully saturated rings. The molecule has 12 heteroatoms. The summed E-state index contributed by atoms with van der Waals surface area (Å²) in [4.78, 5) is 44.9. The van der Waals surface area contributed by atoms with Crippen molar-refractivity contribution in [2.24, 2.45) is 0 Å². The molecule has 0 amide bonds. The third-order valence-corrected chi connectivity index (χ3v) is 4.22. The molecule has 12 nitrogen and oxygen atoms in total. The Hall–Kier alpha value is -3.25. The van der Waals surface area contributed by atoms with Crippen LogP contribution in [0, 0.1) is 10.1 Å². The van der Waals surface area contributed by atoms with Crippen LogP contribution in [-0.2, 0) is 38.1 Å². The van der Waals surface area contributed by atoms with E-state index in [2.05, 4.69) is 0 Å². The predicted molar refractivity (Wildman–Crippen MR) is 101 cm³/mol. The Morgan fingerprint density at radius 1 is 0.968 bits per heavy atom. The number of nitro groups is 1. The zero-order chi connectivity index (χ0) is 23.1. The van der Waals surface area contributed by atoms with Crippen molar-refractivity contribution in [2.45, 2.75) is 51.5 Å². The van der Waals surface area contributed by atoms with E-state index in [1.54, 1.807) is 0 Å². The molecule has 1 heterocycles. The van der Waals surface area contributed by atoms with Crippen molar-refractivity contribution in [3.05, 3.63) is 34.4 Å². The summed E-state index contributed by atoms with van der Waals surface area (Å²) in [6.07, 6.45) is -5.59. The Morgan fingerprint density at radius 3 is 2.03 bits per heavy atom. The Kier molecular flexibility index (Phi) is 8.28. The number of esters is 3.